The van der Waals surface area contributed by atoms with Crippen molar-refractivity contribution >= 4 is 5.78 Å². The van der Waals surface area contributed by atoms with E-state index in [2.05, 4.69) is 6.92 Å². The monoisotopic (exact) mass is 210 g/mol. The summed E-state index contributed by atoms with van der Waals surface area (Å²) in [5.74, 6) is 1.74. The minimum absolute atomic E-state index is 0.215. The van der Waals surface area contributed by atoms with Crippen molar-refractivity contribution in [2.45, 2.75) is 58.0 Å². The molecular formula is C13H22O2. The molecule has 15 heavy (non-hydrogen) atoms. The molecule has 2 heteroatoms. The van der Waals surface area contributed by atoms with Gasteiger partial charge in [-0.2, -0.15) is 0 Å². The van der Waals surface area contributed by atoms with Gasteiger partial charge in [0, 0.05) is 19.4 Å². The fourth-order valence-corrected chi connectivity index (χ4v) is 2.76. The van der Waals surface area contributed by atoms with E-state index in [4.69, 9.17) is 4.74 Å². The van der Waals surface area contributed by atoms with Gasteiger partial charge in [-0.05, 0) is 31.1 Å². The fourth-order valence-electron chi connectivity index (χ4n) is 2.76. The molecule has 0 bridgehead atoms. The van der Waals surface area contributed by atoms with Gasteiger partial charge < -0.3 is 4.74 Å². The van der Waals surface area contributed by atoms with Crippen LogP contribution in [-0.2, 0) is 9.53 Å². The second-order valence-electron chi connectivity index (χ2n) is 5.28. The Morgan fingerprint density at radius 3 is 2.73 bits per heavy atom. The van der Waals surface area contributed by atoms with Crippen LogP contribution in [0.1, 0.15) is 51.9 Å². The Labute approximate surface area is 92.4 Å². The molecular weight excluding hydrogens is 188 g/mol. The molecule has 0 aromatic heterocycles. The number of ether oxygens (including phenoxy) is 1. The molecule has 0 aromatic carbocycles. The number of carbonyl (C=O) groups is 1. The zero-order valence-corrected chi connectivity index (χ0v) is 9.71. The summed E-state index contributed by atoms with van der Waals surface area (Å²) in [6, 6.07) is 0. The van der Waals surface area contributed by atoms with Gasteiger partial charge in [0.15, 0.2) is 0 Å². The molecule has 0 aromatic rings. The van der Waals surface area contributed by atoms with Gasteiger partial charge in [0.1, 0.15) is 5.78 Å². The van der Waals surface area contributed by atoms with Crippen LogP contribution >= 0.6 is 0 Å². The van der Waals surface area contributed by atoms with Crippen molar-refractivity contribution in [1.29, 1.82) is 0 Å². The lowest BCUT2D eigenvalue weighted by Gasteiger charge is -2.29. The highest BCUT2D eigenvalue weighted by atomic mass is 16.5. The summed E-state index contributed by atoms with van der Waals surface area (Å²) >= 11 is 0. The summed E-state index contributed by atoms with van der Waals surface area (Å²) in [7, 11) is 0. The lowest BCUT2D eigenvalue weighted by atomic mass is 9.87. The second-order valence-corrected chi connectivity index (χ2v) is 5.28. The number of Topliss-reactive ketones (excluding diaryl/α,β-unsaturated/α-hetero) is 1. The molecule has 0 saturated heterocycles. The molecule has 2 aliphatic carbocycles. The lowest BCUT2D eigenvalue weighted by molar-refractivity contribution is -0.127. The van der Waals surface area contributed by atoms with Crippen LogP contribution in [0.15, 0.2) is 0 Å². The zero-order chi connectivity index (χ0) is 10.7. The van der Waals surface area contributed by atoms with E-state index in [9.17, 15) is 4.79 Å². The Morgan fingerprint density at radius 2 is 2.00 bits per heavy atom. The van der Waals surface area contributed by atoms with Gasteiger partial charge in [-0.3, -0.25) is 4.79 Å². The average molecular weight is 210 g/mol. The molecule has 2 aliphatic rings. The van der Waals surface area contributed by atoms with E-state index in [0.29, 0.717) is 18.1 Å². The van der Waals surface area contributed by atoms with Crippen LogP contribution in [0.3, 0.4) is 0 Å². The highest BCUT2D eigenvalue weighted by Gasteiger charge is 2.27. The SMILES string of the molecule is CC1CCC(=O)CC1OCC1CCCC1. The van der Waals surface area contributed by atoms with Crippen molar-refractivity contribution in [2.24, 2.45) is 11.8 Å². The third-order valence-electron chi connectivity index (χ3n) is 3.96. The molecule has 0 spiro atoms. The fraction of sp³-hybridized carbons (Fsp3) is 0.923. The average Bonchev–Trinajstić information content (AvgIpc) is 2.72. The second kappa shape index (κ2) is 5.11. The molecule has 2 rings (SSSR count). The van der Waals surface area contributed by atoms with Crippen LogP contribution in [0.4, 0.5) is 0 Å². The number of hydrogen-bond donors (Lipinski definition) is 0. The topological polar surface area (TPSA) is 26.3 Å². The Hall–Kier alpha value is -0.370. The maximum absolute atomic E-state index is 11.3. The largest absolute Gasteiger partial charge is 0.377 e. The third kappa shape index (κ3) is 3.04. The minimum atomic E-state index is 0.215. The van der Waals surface area contributed by atoms with E-state index in [-0.39, 0.29) is 6.10 Å². The van der Waals surface area contributed by atoms with Gasteiger partial charge in [-0.15, -0.1) is 0 Å². The van der Waals surface area contributed by atoms with Gasteiger partial charge in [0.2, 0.25) is 0 Å². The number of ketones is 1. The molecule has 0 N–H and O–H groups in total. The van der Waals surface area contributed by atoms with Crippen LogP contribution in [0.5, 0.6) is 0 Å². The molecule has 0 aliphatic heterocycles. The maximum atomic E-state index is 11.3. The Morgan fingerprint density at radius 1 is 1.27 bits per heavy atom. The Bertz CT molecular complexity index is 219. The molecule has 0 radical (unpaired) electrons. The molecule has 2 nitrogen and oxygen atoms in total. The van der Waals surface area contributed by atoms with E-state index >= 15 is 0 Å². The van der Waals surface area contributed by atoms with Crippen LogP contribution in [-0.4, -0.2) is 18.5 Å². The highest BCUT2D eigenvalue weighted by Crippen LogP contribution is 2.28. The summed E-state index contributed by atoms with van der Waals surface area (Å²) in [5.41, 5.74) is 0. The first-order valence-corrected chi connectivity index (χ1v) is 6.39. The lowest BCUT2D eigenvalue weighted by Crippen LogP contribution is -2.31. The van der Waals surface area contributed by atoms with Crippen LogP contribution in [0, 0.1) is 11.8 Å². The Balaban J connectivity index is 1.74. The van der Waals surface area contributed by atoms with Gasteiger partial charge >= 0.3 is 0 Å². The Kier molecular flexibility index (Phi) is 3.79. The van der Waals surface area contributed by atoms with Gasteiger partial charge in [0.05, 0.1) is 6.10 Å². The number of carbonyl (C=O) groups excluding carboxylic acids is 1. The van der Waals surface area contributed by atoms with Crippen molar-refractivity contribution in [3.63, 3.8) is 0 Å². The van der Waals surface area contributed by atoms with E-state index < -0.39 is 0 Å². The summed E-state index contributed by atoms with van der Waals surface area (Å²) < 4.78 is 5.93. The first-order valence-electron chi connectivity index (χ1n) is 6.39. The smallest absolute Gasteiger partial charge is 0.135 e. The molecule has 2 saturated carbocycles. The molecule has 86 valence electrons. The van der Waals surface area contributed by atoms with Crippen LogP contribution in [0.25, 0.3) is 0 Å². The van der Waals surface area contributed by atoms with Gasteiger partial charge in [-0.25, -0.2) is 0 Å². The summed E-state index contributed by atoms with van der Waals surface area (Å²) in [5, 5.41) is 0. The predicted molar refractivity (Wildman–Crippen MR) is 59.7 cm³/mol. The maximum Gasteiger partial charge on any atom is 0.135 e. The summed E-state index contributed by atoms with van der Waals surface area (Å²) in [6.45, 7) is 3.11. The molecule has 0 amide bonds. The summed E-state index contributed by atoms with van der Waals surface area (Å²) in [6.07, 6.45) is 8.06. The third-order valence-corrected chi connectivity index (χ3v) is 3.96. The predicted octanol–water partition coefficient (Wildman–Crippen LogP) is 2.95. The van der Waals surface area contributed by atoms with Crippen molar-refractivity contribution in [3.8, 4) is 0 Å². The number of rotatable bonds is 3. The van der Waals surface area contributed by atoms with E-state index in [1.165, 1.54) is 25.7 Å². The van der Waals surface area contributed by atoms with Crippen molar-refractivity contribution < 1.29 is 9.53 Å². The first-order chi connectivity index (χ1) is 7.25. The molecule has 2 fully saturated rings. The summed E-state index contributed by atoms with van der Waals surface area (Å²) in [4.78, 5) is 11.3. The van der Waals surface area contributed by atoms with Gasteiger partial charge in [0.25, 0.3) is 0 Å². The van der Waals surface area contributed by atoms with Gasteiger partial charge in [-0.1, -0.05) is 19.8 Å². The quantitative estimate of drug-likeness (QED) is 0.716. The standard InChI is InChI=1S/C13H22O2/c1-10-6-7-12(14)8-13(10)15-9-11-4-2-3-5-11/h10-11,13H,2-9H2,1H3. The zero-order valence-electron chi connectivity index (χ0n) is 9.71. The minimum Gasteiger partial charge on any atom is -0.377 e. The van der Waals surface area contributed by atoms with Crippen molar-refractivity contribution in [1.82, 2.24) is 0 Å². The first kappa shape index (κ1) is 11.1. The molecule has 2 atom stereocenters. The van der Waals surface area contributed by atoms with Crippen LogP contribution in [0.2, 0.25) is 0 Å². The van der Waals surface area contributed by atoms with E-state index in [0.717, 1.165) is 25.4 Å². The van der Waals surface area contributed by atoms with Crippen molar-refractivity contribution in [2.75, 3.05) is 6.61 Å². The number of hydrogen-bond acceptors (Lipinski definition) is 2. The van der Waals surface area contributed by atoms with Crippen molar-refractivity contribution in [3.05, 3.63) is 0 Å². The highest BCUT2D eigenvalue weighted by molar-refractivity contribution is 5.79. The van der Waals surface area contributed by atoms with E-state index in [1.54, 1.807) is 0 Å². The molecule has 2 unspecified atom stereocenters. The normalized spacial score (nSPS) is 33.5. The van der Waals surface area contributed by atoms with E-state index in [1.807, 2.05) is 0 Å². The van der Waals surface area contributed by atoms with Crippen LogP contribution < -0.4 is 0 Å². The molecule has 0 heterocycles.